The average Bonchev–Trinajstić information content (AvgIpc) is 3.75. The maximum atomic E-state index is 13.4. The summed E-state index contributed by atoms with van der Waals surface area (Å²) in [6, 6.07) is 21.7. The van der Waals surface area contributed by atoms with Crippen molar-refractivity contribution >= 4 is 34.4 Å². The Morgan fingerprint density at radius 2 is 1.40 bits per heavy atom. The smallest absolute Gasteiger partial charge is 0.416 e. The summed E-state index contributed by atoms with van der Waals surface area (Å²) in [5, 5.41) is 12.4. The second-order valence-corrected chi connectivity index (χ2v) is 11.9. The molecule has 0 atom stereocenters. The van der Waals surface area contributed by atoms with Crippen LogP contribution in [0, 0.1) is 0 Å². The molecule has 6 rings (SSSR count). The summed E-state index contributed by atoms with van der Waals surface area (Å²) in [4.78, 5) is 5.18. The molecule has 0 amide bonds. The number of para-hydroxylation sites is 1. The van der Waals surface area contributed by atoms with Crippen molar-refractivity contribution < 1.29 is 31.1 Å². The van der Waals surface area contributed by atoms with Gasteiger partial charge in [0.25, 0.3) is 0 Å². The van der Waals surface area contributed by atoms with Crippen molar-refractivity contribution in [3.8, 4) is 39.1 Å². The first-order valence-corrected chi connectivity index (χ1v) is 14.9. The van der Waals surface area contributed by atoms with Gasteiger partial charge in [-0.1, -0.05) is 24.3 Å². The molecule has 14 heteroatoms. The van der Waals surface area contributed by atoms with Gasteiger partial charge in [-0.3, -0.25) is 4.57 Å². The summed E-state index contributed by atoms with van der Waals surface area (Å²) < 4.78 is 88.4. The Kier molecular flexibility index (Phi) is 7.75. The number of benzene rings is 3. The van der Waals surface area contributed by atoms with Crippen LogP contribution in [-0.4, -0.2) is 19.7 Å². The van der Waals surface area contributed by atoms with E-state index in [1.807, 2.05) is 60.0 Å². The van der Waals surface area contributed by atoms with Gasteiger partial charge in [0.1, 0.15) is 11.5 Å². The Bertz CT molecular complexity index is 1820. The van der Waals surface area contributed by atoms with Crippen LogP contribution in [0.4, 0.5) is 26.3 Å². The van der Waals surface area contributed by atoms with Crippen LogP contribution in [0.5, 0.6) is 11.5 Å². The van der Waals surface area contributed by atoms with Gasteiger partial charge < -0.3 is 4.74 Å². The van der Waals surface area contributed by atoms with E-state index in [0.29, 0.717) is 44.6 Å². The molecular formula is C29H16F6N4OS3. The van der Waals surface area contributed by atoms with Crippen molar-refractivity contribution in [2.45, 2.75) is 21.8 Å². The summed E-state index contributed by atoms with van der Waals surface area (Å²) in [5.74, 6) is 1.84. The van der Waals surface area contributed by atoms with Gasteiger partial charge in [-0.2, -0.15) is 26.3 Å². The molecule has 0 fully saturated rings. The highest BCUT2D eigenvalue weighted by atomic mass is 32.2. The number of halogens is 6. The topological polar surface area (TPSA) is 52.8 Å². The minimum absolute atomic E-state index is 0.0175. The Hall–Kier alpha value is -4.14. The number of thiophene rings is 1. The second-order valence-electron chi connectivity index (χ2n) is 8.92. The van der Waals surface area contributed by atoms with Crippen LogP contribution in [0.2, 0.25) is 0 Å². The lowest BCUT2D eigenvalue weighted by Crippen LogP contribution is -2.11. The molecule has 0 bridgehead atoms. The van der Waals surface area contributed by atoms with Gasteiger partial charge in [-0.05, 0) is 77.8 Å². The predicted octanol–water partition coefficient (Wildman–Crippen LogP) is 10.1. The zero-order valence-electron chi connectivity index (χ0n) is 21.4. The van der Waals surface area contributed by atoms with E-state index >= 15 is 0 Å². The molecule has 3 heterocycles. The monoisotopic (exact) mass is 646 g/mol. The van der Waals surface area contributed by atoms with Crippen LogP contribution in [0.1, 0.15) is 11.1 Å². The van der Waals surface area contributed by atoms with Gasteiger partial charge in [0.15, 0.2) is 10.2 Å². The van der Waals surface area contributed by atoms with Crippen molar-refractivity contribution in [2.75, 3.05) is 0 Å². The minimum atomic E-state index is -4.96. The molecule has 0 saturated carbocycles. The fourth-order valence-electron chi connectivity index (χ4n) is 4.04. The van der Waals surface area contributed by atoms with Crippen LogP contribution in [-0.2, 0) is 12.4 Å². The Labute approximate surface area is 252 Å². The summed E-state index contributed by atoms with van der Waals surface area (Å²) in [5.41, 5.74) is -2.41. The van der Waals surface area contributed by atoms with Gasteiger partial charge in [-0.15, -0.1) is 32.9 Å². The van der Waals surface area contributed by atoms with E-state index in [2.05, 4.69) is 15.2 Å². The van der Waals surface area contributed by atoms with Gasteiger partial charge in [0, 0.05) is 10.9 Å². The van der Waals surface area contributed by atoms with E-state index in [0.717, 1.165) is 28.0 Å². The summed E-state index contributed by atoms with van der Waals surface area (Å²) >= 11 is 3.63. The molecule has 0 N–H and O–H groups in total. The number of thiazole rings is 1. The van der Waals surface area contributed by atoms with Crippen LogP contribution in [0.25, 0.3) is 27.6 Å². The lowest BCUT2D eigenvalue weighted by atomic mass is 10.0. The molecule has 0 aliphatic heterocycles. The molecule has 0 spiro atoms. The van der Waals surface area contributed by atoms with Gasteiger partial charge in [-0.25, -0.2) is 4.98 Å². The van der Waals surface area contributed by atoms with E-state index in [4.69, 9.17) is 4.74 Å². The van der Waals surface area contributed by atoms with E-state index in [-0.39, 0.29) is 17.3 Å². The van der Waals surface area contributed by atoms with Crippen molar-refractivity contribution in [3.63, 3.8) is 0 Å². The van der Waals surface area contributed by atoms with E-state index in [9.17, 15) is 26.3 Å². The van der Waals surface area contributed by atoms with Crippen LogP contribution < -0.4 is 4.74 Å². The molecule has 43 heavy (non-hydrogen) atoms. The van der Waals surface area contributed by atoms with E-state index < -0.39 is 23.5 Å². The Balaban J connectivity index is 1.33. The molecule has 5 nitrogen and oxygen atoms in total. The Morgan fingerprint density at radius 1 is 0.721 bits per heavy atom. The first-order valence-electron chi connectivity index (χ1n) is 12.3. The first-order chi connectivity index (χ1) is 20.5. The summed E-state index contributed by atoms with van der Waals surface area (Å²) in [6.07, 6.45) is -9.92. The number of nitrogens with zero attached hydrogens (tertiary/aromatic N) is 4. The molecule has 218 valence electrons. The highest BCUT2D eigenvalue weighted by Gasteiger charge is 2.37. The number of ether oxygens (including phenoxy) is 1. The lowest BCUT2D eigenvalue weighted by Gasteiger charge is -2.13. The minimum Gasteiger partial charge on any atom is -0.457 e. The zero-order chi connectivity index (χ0) is 30.2. The quantitative estimate of drug-likeness (QED) is 0.162. The maximum Gasteiger partial charge on any atom is 0.416 e. The number of hydrogen-bond acceptors (Lipinski definition) is 7. The summed E-state index contributed by atoms with van der Waals surface area (Å²) in [7, 11) is 0. The average molecular weight is 647 g/mol. The molecule has 0 aliphatic rings. The zero-order valence-corrected chi connectivity index (χ0v) is 23.9. The van der Waals surface area contributed by atoms with Crippen molar-refractivity contribution in [1.82, 2.24) is 19.7 Å². The molecule has 0 radical (unpaired) electrons. The van der Waals surface area contributed by atoms with Crippen LogP contribution in [0.3, 0.4) is 0 Å². The van der Waals surface area contributed by atoms with Gasteiger partial charge >= 0.3 is 12.4 Å². The second kappa shape index (κ2) is 11.5. The fraction of sp³-hybridized carbons (Fsp3) is 0.0690. The molecule has 3 aromatic carbocycles. The normalized spacial score (nSPS) is 12.0. The third kappa shape index (κ3) is 6.45. The third-order valence-electron chi connectivity index (χ3n) is 5.99. The molecule has 0 aliphatic carbocycles. The van der Waals surface area contributed by atoms with Crippen molar-refractivity contribution in [1.29, 1.82) is 0 Å². The molecular weight excluding hydrogens is 631 g/mol. The van der Waals surface area contributed by atoms with Crippen molar-refractivity contribution in [2.24, 2.45) is 0 Å². The molecule has 0 unspecified atom stereocenters. The highest BCUT2D eigenvalue weighted by Crippen LogP contribution is 2.41. The van der Waals surface area contributed by atoms with Gasteiger partial charge in [0.05, 0.1) is 27.4 Å². The fourth-order valence-corrected chi connectivity index (χ4v) is 6.52. The highest BCUT2D eigenvalue weighted by molar-refractivity contribution is 8.00. The summed E-state index contributed by atoms with van der Waals surface area (Å²) in [6.45, 7) is 0. The number of alkyl halides is 6. The SMILES string of the molecule is FC(F)(F)c1cc(-c2csc(Sc3nnc(-c4cccs4)n3-c3ccc(Oc4ccccc4)cc3)n2)cc(C(F)(F)F)c1. The standard InChI is InChI=1S/C29H16F6N4OS3/c30-28(31,32)18-13-17(14-19(15-18)29(33,34)35)23-16-42-27(36-23)43-26-38-37-25(24-7-4-12-41-24)39(26)20-8-10-22(11-9-20)40-21-5-2-1-3-6-21/h1-16H. The first kappa shape index (κ1) is 29.0. The van der Waals surface area contributed by atoms with E-state index in [1.165, 1.54) is 16.7 Å². The largest absolute Gasteiger partial charge is 0.457 e. The Morgan fingerprint density at radius 3 is 2.02 bits per heavy atom. The van der Waals surface area contributed by atoms with Crippen molar-refractivity contribution in [3.05, 3.63) is 107 Å². The van der Waals surface area contributed by atoms with E-state index in [1.54, 1.807) is 16.7 Å². The number of aromatic nitrogens is 4. The number of rotatable bonds is 7. The lowest BCUT2D eigenvalue weighted by molar-refractivity contribution is -0.143. The third-order valence-corrected chi connectivity index (χ3v) is 8.75. The molecule has 0 saturated heterocycles. The van der Waals surface area contributed by atoms with Gasteiger partial charge in [0.2, 0.25) is 5.16 Å². The molecule has 3 aromatic heterocycles. The van der Waals surface area contributed by atoms with Crippen LogP contribution >= 0.6 is 34.4 Å². The van der Waals surface area contributed by atoms with Crippen LogP contribution in [0.15, 0.2) is 105 Å². The molecule has 6 aromatic rings. The predicted molar refractivity (Wildman–Crippen MR) is 153 cm³/mol. The number of hydrogen-bond donors (Lipinski definition) is 0. The maximum absolute atomic E-state index is 13.4.